The highest BCUT2D eigenvalue weighted by Gasteiger charge is 2.14. The number of hydrogen-bond acceptors (Lipinski definition) is 4. The molecule has 0 bridgehead atoms. The van der Waals surface area contributed by atoms with Gasteiger partial charge in [0.25, 0.3) is 0 Å². The lowest BCUT2D eigenvalue weighted by atomic mass is 10.2. The fourth-order valence-corrected chi connectivity index (χ4v) is 2.55. The molecule has 1 aromatic carbocycles. The van der Waals surface area contributed by atoms with Gasteiger partial charge in [-0.1, -0.05) is 23.7 Å². The van der Waals surface area contributed by atoms with Crippen molar-refractivity contribution in [3.8, 4) is 0 Å². The molecule has 0 aliphatic heterocycles. The van der Waals surface area contributed by atoms with Gasteiger partial charge in [-0.15, -0.1) is 0 Å². The van der Waals surface area contributed by atoms with Crippen molar-refractivity contribution in [1.82, 2.24) is 24.4 Å². The summed E-state index contributed by atoms with van der Waals surface area (Å²) in [6.45, 7) is 0.250. The second-order valence-corrected chi connectivity index (χ2v) is 5.50. The number of amides is 1. The van der Waals surface area contributed by atoms with Crippen LogP contribution in [0.2, 0.25) is 5.02 Å². The van der Waals surface area contributed by atoms with E-state index in [0.717, 1.165) is 5.56 Å². The molecule has 0 fully saturated rings. The average molecular weight is 332 g/mol. The van der Waals surface area contributed by atoms with Crippen LogP contribution in [0.15, 0.2) is 41.6 Å². The van der Waals surface area contributed by atoms with Crippen molar-refractivity contribution in [3.63, 3.8) is 0 Å². The highest BCUT2D eigenvalue weighted by molar-refractivity contribution is 6.30. The lowest BCUT2D eigenvalue weighted by Gasteiger charge is -2.06. The number of nitrogens with one attached hydrogen (secondary N) is 1. The minimum atomic E-state index is -0.307. The summed E-state index contributed by atoms with van der Waals surface area (Å²) in [6.07, 6.45) is 2.89. The van der Waals surface area contributed by atoms with Gasteiger partial charge < -0.3 is 5.32 Å². The zero-order valence-electron chi connectivity index (χ0n) is 12.4. The summed E-state index contributed by atoms with van der Waals surface area (Å²) in [6, 6.07) is 7.22. The summed E-state index contributed by atoms with van der Waals surface area (Å²) >= 11 is 5.90. The van der Waals surface area contributed by atoms with Gasteiger partial charge in [-0.25, -0.2) is 14.8 Å². The van der Waals surface area contributed by atoms with E-state index in [1.165, 1.54) is 21.7 Å². The van der Waals surface area contributed by atoms with Gasteiger partial charge in [0.2, 0.25) is 5.91 Å². The third kappa shape index (κ3) is 3.09. The molecule has 0 aliphatic carbocycles. The normalized spacial score (nSPS) is 10.9. The Hall–Kier alpha value is -2.67. The van der Waals surface area contributed by atoms with Gasteiger partial charge in [-0.2, -0.15) is 0 Å². The Balaban J connectivity index is 1.76. The zero-order valence-corrected chi connectivity index (χ0v) is 13.1. The van der Waals surface area contributed by atoms with Crippen molar-refractivity contribution >= 4 is 28.7 Å². The largest absolute Gasteiger partial charge is 0.350 e. The first-order chi connectivity index (χ1) is 11.1. The third-order valence-corrected chi connectivity index (χ3v) is 3.71. The zero-order chi connectivity index (χ0) is 16.4. The van der Waals surface area contributed by atoms with E-state index in [9.17, 15) is 9.59 Å². The molecule has 23 heavy (non-hydrogen) atoms. The maximum atomic E-state index is 12.2. The molecule has 0 unspecified atom stereocenters. The van der Waals surface area contributed by atoms with Crippen LogP contribution in [0.1, 0.15) is 5.56 Å². The van der Waals surface area contributed by atoms with Gasteiger partial charge in [0.1, 0.15) is 18.4 Å². The monoisotopic (exact) mass is 331 g/mol. The van der Waals surface area contributed by atoms with E-state index in [0.29, 0.717) is 22.7 Å². The second kappa shape index (κ2) is 6.21. The first-order valence-electron chi connectivity index (χ1n) is 6.92. The van der Waals surface area contributed by atoms with Gasteiger partial charge in [0, 0.05) is 18.6 Å². The molecule has 2 aromatic heterocycles. The van der Waals surface area contributed by atoms with Crippen molar-refractivity contribution < 1.29 is 4.79 Å². The number of fused-ring (bicyclic) bond motifs is 1. The van der Waals surface area contributed by atoms with E-state index in [-0.39, 0.29) is 18.1 Å². The van der Waals surface area contributed by atoms with E-state index in [1.807, 2.05) is 12.1 Å². The van der Waals surface area contributed by atoms with Crippen LogP contribution < -0.4 is 11.0 Å². The van der Waals surface area contributed by atoms with E-state index < -0.39 is 0 Å². The van der Waals surface area contributed by atoms with Crippen LogP contribution in [-0.2, 0) is 24.9 Å². The summed E-state index contributed by atoms with van der Waals surface area (Å²) in [5.74, 6) is -0.275. The second-order valence-electron chi connectivity index (χ2n) is 5.07. The lowest BCUT2D eigenvalue weighted by Crippen LogP contribution is -2.32. The molecule has 7 nitrogen and oxygen atoms in total. The Labute approximate surface area is 136 Å². The van der Waals surface area contributed by atoms with Gasteiger partial charge in [0.15, 0.2) is 5.65 Å². The molecule has 1 N–H and O–H groups in total. The quantitative estimate of drug-likeness (QED) is 0.776. The number of benzene rings is 1. The van der Waals surface area contributed by atoms with E-state index in [2.05, 4.69) is 15.3 Å². The molecule has 3 aromatic rings. The molecule has 0 atom stereocenters. The predicted molar refractivity (Wildman–Crippen MR) is 86.1 cm³/mol. The lowest BCUT2D eigenvalue weighted by molar-refractivity contribution is -0.121. The topological polar surface area (TPSA) is 81.8 Å². The molecule has 0 saturated heterocycles. The summed E-state index contributed by atoms with van der Waals surface area (Å²) in [5.41, 5.74) is 1.60. The van der Waals surface area contributed by atoms with Crippen LogP contribution in [0.5, 0.6) is 0 Å². The van der Waals surface area contributed by atoms with Crippen molar-refractivity contribution in [2.24, 2.45) is 7.05 Å². The summed E-state index contributed by atoms with van der Waals surface area (Å²) in [7, 11) is 1.61. The minimum absolute atomic E-state index is 0.0931. The van der Waals surface area contributed by atoms with Crippen molar-refractivity contribution in [3.05, 3.63) is 57.9 Å². The summed E-state index contributed by atoms with van der Waals surface area (Å²) in [4.78, 5) is 32.3. The van der Waals surface area contributed by atoms with Gasteiger partial charge >= 0.3 is 5.69 Å². The fraction of sp³-hybridized carbons (Fsp3) is 0.200. The molecular formula is C15H14ClN5O2. The maximum absolute atomic E-state index is 12.2. The molecule has 3 rings (SSSR count). The SMILES string of the molecule is Cn1c(=O)n(CC(=O)NCc2cccc(Cl)c2)c2cncnc21. The Bertz CT molecular complexity index is 931. The van der Waals surface area contributed by atoms with Crippen molar-refractivity contribution in [1.29, 1.82) is 0 Å². The van der Waals surface area contributed by atoms with E-state index in [4.69, 9.17) is 11.6 Å². The molecule has 1 amide bonds. The first kappa shape index (κ1) is 15.2. The van der Waals surface area contributed by atoms with Crippen LogP contribution in [0, 0.1) is 0 Å². The predicted octanol–water partition coefficient (Wildman–Crippen LogP) is 1.10. The minimum Gasteiger partial charge on any atom is -0.350 e. The smallest absolute Gasteiger partial charge is 0.330 e. The van der Waals surface area contributed by atoms with Crippen LogP contribution in [0.4, 0.5) is 0 Å². The molecule has 0 aliphatic rings. The summed E-state index contributed by atoms with van der Waals surface area (Å²) in [5, 5.41) is 3.38. The number of rotatable bonds is 4. The van der Waals surface area contributed by atoms with Gasteiger partial charge in [-0.05, 0) is 17.7 Å². The highest BCUT2D eigenvalue weighted by atomic mass is 35.5. The molecular weight excluding hydrogens is 318 g/mol. The standard InChI is InChI=1S/C15H14ClN5O2/c1-20-14-12(7-17-9-19-14)21(15(20)23)8-13(22)18-6-10-3-2-4-11(16)5-10/h2-5,7,9H,6,8H2,1H3,(H,18,22). The number of aryl methyl sites for hydroxylation is 1. The van der Waals surface area contributed by atoms with Crippen LogP contribution in [0.25, 0.3) is 11.2 Å². The molecule has 0 saturated carbocycles. The van der Waals surface area contributed by atoms with Crippen LogP contribution >= 0.6 is 11.6 Å². The number of carbonyl (C=O) groups excluding carboxylic acids is 1. The molecule has 118 valence electrons. The molecule has 8 heteroatoms. The van der Waals surface area contributed by atoms with Crippen LogP contribution in [0.3, 0.4) is 0 Å². The fourth-order valence-electron chi connectivity index (χ4n) is 2.34. The van der Waals surface area contributed by atoms with Gasteiger partial charge in [-0.3, -0.25) is 13.9 Å². The number of imidazole rings is 1. The Kier molecular flexibility index (Phi) is 4.12. The number of aromatic nitrogens is 4. The third-order valence-electron chi connectivity index (χ3n) is 3.48. The maximum Gasteiger partial charge on any atom is 0.330 e. The first-order valence-corrected chi connectivity index (χ1v) is 7.30. The van der Waals surface area contributed by atoms with Crippen LogP contribution in [-0.4, -0.2) is 25.0 Å². The molecule has 0 spiro atoms. The number of halogens is 1. The summed E-state index contributed by atoms with van der Waals surface area (Å²) < 4.78 is 2.74. The number of nitrogens with zero attached hydrogens (tertiary/aromatic N) is 4. The Morgan fingerprint density at radius 1 is 1.39 bits per heavy atom. The Morgan fingerprint density at radius 2 is 2.22 bits per heavy atom. The Morgan fingerprint density at radius 3 is 3.00 bits per heavy atom. The highest BCUT2D eigenvalue weighted by Crippen LogP contribution is 2.10. The number of carbonyl (C=O) groups is 1. The van der Waals surface area contributed by atoms with E-state index >= 15 is 0 Å². The number of hydrogen-bond donors (Lipinski definition) is 1. The average Bonchev–Trinajstić information content (AvgIpc) is 2.79. The molecule has 2 heterocycles. The van der Waals surface area contributed by atoms with Gasteiger partial charge in [0.05, 0.1) is 6.20 Å². The van der Waals surface area contributed by atoms with Crippen molar-refractivity contribution in [2.75, 3.05) is 0 Å². The van der Waals surface area contributed by atoms with Crippen molar-refractivity contribution in [2.45, 2.75) is 13.1 Å². The molecule has 0 radical (unpaired) electrons. The van der Waals surface area contributed by atoms with E-state index in [1.54, 1.807) is 19.2 Å².